The van der Waals surface area contributed by atoms with E-state index < -0.39 is 29.6 Å². The summed E-state index contributed by atoms with van der Waals surface area (Å²) < 4.78 is 95.3. The van der Waals surface area contributed by atoms with Crippen LogP contribution in [0, 0.1) is 23.4 Å². The summed E-state index contributed by atoms with van der Waals surface area (Å²) in [6.07, 6.45) is -0.471. The lowest BCUT2D eigenvalue weighted by molar-refractivity contribution is -0.276. The third kappa shape index (κ3) is 7.41. The van der Waals surface area contributed by atoms with Crippen LogP contribution in [0.25, 0.3) is 10.8 Å². The number of aryl methyl sites for hydroxylation is 3. The Hall–Kier alpha value is -2.78. The third-order valence-electron chi connectivity index (χ3n) is 6.73. The van der Waals surface area contributed by atoms with Crippen LogP contribution < -0.4 is 4.74 Å². The van der Waals surface area contributed by atoms with Crippen molar-refractivity contribution in [1.82, 2.24) is 0 Å². The molecule has 206 valence electrons. The monoisotopic (exact) mass is 540 g/mol. The van der Waals surface area contributed by atoms with Crippen molar-refractivity contribution in [2.75, 3.05) is 13.2 Å². The molecule has 0 unspecified atom stereocenters. The van der Waals surface area contributed by atoms with Gasteiger partial charge in [0, 0.05) is 17.7 Å². The quantitative estimate of drug-likeness (QED) is 0.244. The first kappa shape index (κ1) is 28.2. The summed E-state index contributed by atoms with van der Waals surface area (Å²) in [5.74, 6) is -4.44. The van der Waals surface area contributed by atoms with Gasteiger partial charge in [-0.15, -0.1) is 13.2 Å². The van der Waals surface area contributed by atoms with Crippen LogP contribution in [0.3, 0.4) is 0 Å². The minimum Gasteiger partial charge on any atom is -0.399 e. The Morgan fingerprint density at radius 1 is 0.842 bits per heavy atom. The fourth-order valence-corrected chi connectivity index (χ4v) is 4.68. The molecular formula is C29H30F6O3. The molecule has 38 heavy (non-hydrogen) atoms. The van der Waals surface area contributed by atoms with Gasteiger partial charge in [0.15, 0.2) is 17.9 Å². The molecule has 3 aromatic carbocycles. The smallest absolute Gasteiger partial charge is 0.399 e. The number of fused-ring (bicyclic) bond motifs is 1. The highest BCUT2D eigenvalue weighted by Gasteiger charge is 2.34. The molecule has 0 bridgehead atoms. The zero-order valence-corrected chi connectivity index (χ0v) is 21.1. The van der Waals surface area contributed by atoms with Gasteiger partial charge in [0.1, 0.15) is 5.82 Å². The van der Waals surface area contributed by atoms with Gasteiger partial charge in [0.05, 0.1) is 13.2 Å². The highest BCUT2D eigenvalue weighted by molar-refractivity contribution is 5.84. The summed E-state index contributed by atoms with van der Waals surface area (Å²) in [6.45, 7) is 3.58. The second-order valence-electron chi connectivity index (χ2n) is 9.67. The Bertz CT molecular complexity index is 1210. The molecule has 1 aliphatic rings. The van der Waals surface area contributed by atoms with Gasteiger partial charge in [0.25, 0.3) is 0 Å². The molecule has 0 saturated carbocycles. The Labute approximate surface area is 217 Å². The van der Waals surface area contributed by atoms with E-state index in [9.17, 15) is 22.0 Å². The molecule has 0 radical (unpaired) electrons. The Kier molecular flexibility index (Phi) is 9.20. The first-order valence-electron chi connectivity index (χ1n) is 12.8. The maximum absolute atomic E-state index is 15.2. The molecule has 0 aliphatic carbocycles. The van der Waals surface area contributed by atoms with Gasteiger partial charge >= 0.3 is 6.36 Å². The van der Waals surface area contributed by atoms with Gasteiger partial charge in [-0.05, 0) is 59.9 Å². The molecule has 1 saturated heterocycles. The van der Waals surface area contributed by atoms with E-state index in [1.165, 1.54) is 6.42 Å². The average molecular weight is 541 g/mol. The second kappa shape index (κ2) is 12.4. The van der Waals surface area contributed by atoms with E-state index in [1.807, 2.05) is 12.1 Å². The lowest BCUT2D eigenvalue weighted by Crippen LogP contribution is -2.32. The molecule has 4 rings (SSSR count). The SMILES string of the molecule is CCCCC1COC(CCc2ccc3c(F)c(CCc4cc(F)c(OC(F)(F)F)c(F)c4)ccc3c2)OC1. The minimum absolute atomic E-state index is 0.0291. The lowest BCUT2D eigenvalue weighted by Gasteiger charge is -2.29. The summed E-state index contributed by atoms with van der Waals surface area (Å²) in [5, 5.41) is 1.14. The van der Waals surface area contributed by atoms with Crippen molar-refractivity contribution < 1.29 is 40.6 Å². The van der Waals surface area contributed by atoms with Crippen LogP contribution in [-0.4, -0.2) is 25.9 Å². The molecule has 0 aromatic heterocycles. The molecular weight excluding hydrogens is 510 g/mol. The van der Waals surface area contributed by atoms with Crippen LogP contribution in [0.1, 0.15) is 49.3 Å². The zero-order valence-electron chi connectivity index (χ0n) is 21.1. The van der Waals surface area contributed by atoms with E-state index in [2.05, 4.69) is 11.7 Å². The van der Waals surface area contributed by atoms with Gasteiger partial charge in [-0.25, -0.2) is 13.2 Å². The first-order chi connectivity index (χ1) is 18.1. The summed E-state index contributed by atoms with van der Waals surface area (Å²) in [7, 11) is 0. The van der Waals surface area contributed by atoms with Gasteiger partial charge in [0.2, 0.25) is 5.75 Å². The topological polar surface area (TPSA) is 27.7 Å². The number of unbranched alkanes of at least 4 members (excludes halogenated alkanes) is 1. The van der Waals surface area contributed by atoms with Crippen molar-refractivity contribution in [2.45, 2.75) is 64.5 Å². The molecule has 0 atom stereocenters. The van der Waals surface area contributed by atoms with E-state index in [4.69, 9.17) is 9.47 Å². The third-order valence-corrected chi connectivity index (χ3v) is 6.73. The van der Waals surface area contributed by atoms with Crippen molar-refractivity contribution >= 4 is 10.8 Å². The standard InChI is InChI=1S/C29H30F6O3/c1-2-3-4-20-16-36-26(37-17-20)12-7-18-6-11-23-22(13-18)10-9-21(27(23)32)8-5-19-14-24(30)28(25(31)15-19)38-29(33,34)35/h6,9-11,13-15,20,26H,2-5,7-8,12,16-17H2,1H3. The van der Waals surface area contributed by atoms with E-state index in [0.717, 1.165) is 42.3 Å². The van der Waals surface area contributed by atoms with Crippen molar-refractivity contribution in [2.24, 2.45) is 5.92 Å². The molecule has 1 heterocycles. The number of hydrogen-bond acceptors (Lipinski definition) is 3. The lowest BCUT2D eigenvalue weighted by atomic mass is 9.98. The molecule has 0 N–H and O–H groups in total. The number of alkyl halides is 3. The summed E-state index contributed by atoms with van der Waals surface area (Å²) >= 11 is 0. The fourth-order valence-electron chi connectivity index (χ4n) is 4.68. The molecule has 1 fully saturated rings. The van der Waals surface area contributed by atoms with Crippen LogP contribution in [0.15, 0.2) is 42.5 Å². The number of rotatable bonds is 10. The van der Waals surface area contributed by atoms with E-state index >= 15 is 4.39 Å². The van der Waals surface area contributed by atoms with Gasteiger partial charge in [-0.3, -0.25) is 0 Å². The first-order valence-corrected chi connectivity index (χ1v) is 12.8. The highest BCUT2D eigenvalue weighted by atomic mass is 19.4. The van der Waals surface area contributed by atoms with E-state index in [1.54, 1.807) is 18.2 Å². The van der Waals surface area contributed by atoms with Crippen LogP contribution in [0.2, 0.25) is 0 Å². The van der Waals surface area contributed by atoms with Crippen molar-refractivity contribution in [1.29, 1.82) is 0 Å². The molecule has 0 amide bonds. The summed E-state index contributed by atoms with van der Waals surface area (Å²) in [6, 6.07) is 10.4. The Morgan fingerprint density at radius 2 is 1.55 bits per heavy atom. The summed E-state index contributed by atoms with van der Waals surface area (Å²) in [5.41, 5.74) is 1.45. The van der Waals surface area contributed by atoms with Gasteiger partial charge in [-0.2, -0.15) is 0 Å². The van der Waals surface area contributed by atoms with Crippen LogP contribution in [0.5, 0.6) is 5.75 Å². The summed E-state index contributed by atoms with van der Waals surface area (Å²) in [4.78, 5) is 0. The number of benzene rings is 3. The van der Waals surface area contributed by atoms with Gasteiger partial charge in [-0.1, -0.05) is 50.1 Å². The zero-order chi connectivity index (χ0) is 27.3. The predicted octanol–water partition coefficient (Wildman–Crippen LogP) is 8.05. The van der Waals surface area contributed by atoms with Crippen LogP contribution >= 0.6 is 0 Å². The second-order valence-corrected chi connectivity index (χ2v) is 9.67. The highest BCUT2D eigenvalue weighted by Crippen LogP contribution is 2.30. The number of halogens is 6. The molecule has 3 nitrogen and oxygen atoms in total. The Balaban J connectivity index is 1.35. The normalized spacial score (nSPS) is 18.2. The maximum Gasteiger partial charge on any atom is 0.573 e. The largest absolute Gasteiger partial charge is 0.573 e. The number of ether oxygens (including phenoxy) is 3. The van der Waals surface area contributed by atoms with Gasteiger partial charge < -0.3 is 14.2 Å². The van der Waals surface area contributed by atoms with Crippen molar-refractivity contribution in [3.63, 3.8) is 0 Å². The maximum atomic E-state index is 15.2. The van der Waals surface area contributed by atoms with Crippen molar-refractivity contribution in [3.05, 3.63) is 76.6 Å². The molecule has 3 aromatic rings. The minimum atomic E-state index is -5.22. The van der Waals surface area contributed by atoms with E-state index in [-0.39, 0.29) is 24.7 Å². The van der Waals surface area contributed by atoms with Crippen molar-refractivity contribution in [3.8, 4) is 5.75 Å². The number of hydrogen-bond donors (Lipinski definition) is 0. The predicted molar refractivity (Wildman–Crippen MR) is 131 cm³/mol. The molecule has 1 aliphatic heterocycles. The average Bonchev–Trinajstić information content (AvgIpc) is 2.88. The van der Waals surface area contributed by atoms with E-state index in [0.29, 0.717) is 36.5 Å². The van der Waals surface area contributed by atoms with Crippen LogP contribution in [0.4, 0.5) is 26.3 Å². The molecule has 9 heteroatoms. The Morgan fingerprint density at radius 3 is 2.21 bits per heavy atom. The fraction of sp³-hybridized carbons (Fsp3) is 0.448. The molecule has 0 spiro atoms. The van der Waals surface area contributed by atoms with Crippen LogP contribution in [-0.2, 0) is 28.7 Å².